The van der Waals surface area contributed by atoms with Gasteiger partial charge in [-0.25, -0.2) is 8.78 Å². The monoisotopic (exact) mass is 301 g/mol. The Bertz CT molecular complexity index is 550. The molecule has 1 unspecified atom stereocenters. The summed E-state index contributed by atoms with van der Waals surface area (Å²) in [6.07, 6.45) is 0. The van der Waals surface area contributed by atoms with Gasteiger partial charge in [-0.2, -0.15) is 0 Å². The molecule has 0 saturated carbocycles. The first-order chi connectivity index (χ1) is 9.02. The Morgan fingerprint density at radius 1 is 1.00 bits per heavy atom. The third-order valence-corrected chi connectivity index (χ3v) is 3.40. The Morgan fingerprint density at radius 2 is 1.68 bits per heavy atom. The van der Waals surface area contributed by atoms with Crippen molar-refractivity contribution in [2.24, 2.45) is 0 Å². The highest BCUT2D eigenvalue weighted by atomic mass is 35.5. The Morgan fingerprint density at radius 3 is 2.26 bits per heavy atom. The highest BCUT2D eigenvalue weighted by molar-refractivity contribution is 6.31. The Hall–Kier alpha value is -1.16. The van der Waals surface area contributed by atoms with E-state index in [0.717, 1.165) is 0 Å². The average Bonchev–Trinajstić information content (AvgIpc) is 2.34. The predicted octanol–water partition coefficient (Wildman–Crippen LogP) is 4.58. The van der Waals surface area contributed by atoms with Crippen LogP contribution in [-0.4, -0.2) is 7.05 Å². The van der Waals surface area contributed by atoms with Crippen molar-refractivity contribution in [3.05, 3.63) is 69.2 Å². The lowest BCUT2D eigenvalue weighted by Gasteiger charge is -2.19. The number of hydrogen-bond donors (Lipinski definition) is 1. The van der Waals surface area contributed by atoms with Crippen molar-refractivity contribution in [2.75, 3.05) is 7.05 Å². The summed E-state index contributed by atoms with van der Waals surface area (Å²) in [7, 11) is 1.68. The quantitative estimate of drug-likeness (QED) is 0.875. The molecule has 0 spiro atoms. The molecule has 100 valence electrons. The molecular weight excluding hydrogens is 291 g/mol. The molecular formula is C14H11Cl2F2N. The SMILES string of the molecule is CNC(c1ccc(Cl)cc1F)c1ccc(F)cc1Cl. The van der Waals surface area contributed by atoms with Crippen molar-refractivity contribution >= 4 is 23.2 Å². The van der Waals surface area contributed by atoms with Crippen molar-refractivity contribution in [2.45, 2.75) is 6.04 Å². The smallest absolute Gasteiger partial charge is 0.129 e. The number of hydrogen-bond acceptors (Lipinski definition) is 1. The van der Waals surface area contributed by atoms with Gasteiger partial charge in [-0.15, -0.1) is 0 Å². The maximum Gasteiger partial charge on any atom is 0.129 e. The molecule has 2 aromatic rings. The zero-order chi connectivity index (χ0) is 14.0. The maximum absolute atomic E-state index is 13.9. The van der Waals surface area contributed by atoms with Crippen LogP contribution in [0.5, 0.6) is 0 Å². The van der Waals surface area contributed by atoms with Gasteiger partial charge in [0.05, 0.1) is 6.04 Å². The van der Waals surface area contributed by atoms with Crippen molar-refractivity contribution in [3.63, 3.8) is 0 Å². The van der Waals surface area contributed by atoms with E-state index in [4.69, 9.17) is 23.2 Å². The third kappa shape index (κ3) is 3.06. The van der Waals surface area contributed by atoms with E-state index in [1.807, 2.05) is 0 Å². The molecule has 1 nitrogen and oxygen atoms in total. The van der Waals surface area contributed by atoms with Crippen LogP contribution in [0.15, 0.2) is 36.4 Å². The summed E-state index contributed by atoms with van der Waals surface area (Å²) >= 11 is 11.7. The predicted molar refractivity (Wildman–Crippen MR) is 73.7 cm³/mol. The summed E-state index contributed by atoms with van der Waals surface area (Å²) in [5, 5.41) is 3.53. The highest BCUT2D eigenvalue weighted by Gasteiger charge is 2.19. The van der Waals surface area contributed by atoms with Crippen LogP contribution in [0, 0.1) is 11.6 Å². The molecule has 0 saturated heterocycles. The molecule has 0 aliphatic carbocycles. The molecule has 5 heteroatoms. The normalized spacial score (nSPS) is 12.5. The summed E-state index contributed by atoms with van der Waals surface area (Å²) < 4.78 is 27.0. The Kier molecular flexibility index (Phi) is 4.40. The summed E-state index contributed by atoms with van der Waals surface area (Å²) in [5.41, 5.74) is 1.01. The van der Waals surface area contributed by atoms with Gasteiger partial charge in [0.25, 0.3) is 0 Å². The molecule has 2 rings (SSSR count). The first kappa shape index (κ1) is 14.3. The molecule has 1 N–H and O–H groups in total. The van der Waals surface area contributed by atoms with Gasteiger partial charge in [0.2, 0.25) is 0 Å². The molecule has 0 amide bonds. The molecule has 0 aliphatic heterocycles. The van der Waals surface area contributed by atoms with E-state index in [1.165, 1.54) is 24.3 Å². The van der Waals surface area contributed by atoms with Crippen molar-refractivity contribution in [1.29, 1.82) is 0 Å². The number of benzene rings is 2. The number of rotatable bonds is 3. The average molecular weight is 302 g/mol. The van der Waals surface area contributed by atoms with Crippen LogP contribution in [0.1, 0.15) is 17.2 Å². The van der Waals surface area contributed by atoms with E-state index in [2.05, 4.69) is 5.32 Å². The fourth-order valence-electron chi connectivity index (χ4n) is 1.95. The van der Waals surface area contributed by atoms with Gasteiger partial charge in [-0.3, -0.25) is 0 Å². The molecule has 0 fully saturated rings. The van der Waals surface area contributed by atoms with E-state index < -0.39 is 17.7 Å². The van der Waals surface area contributed by atoms with Crippen LogP contribution in [-0.2, 0) is 0 Å². The van der Waals surface area contributed by atoms with Crippen LogP contribution >= 0.6 is 23.2 Å². The van der Waals surface area contributed by atoms with Gasteiger partial charge in [0.1, 0.15) is 11.6 Å². The fraction of sp³-hybridized carbons (Fsp3) is 0.143. The van der Waals surface area contributed by atoms with E-state index in [0.29, 0.717) is 16.1 Å². The van der Waals surface area contributed by atoms with Gasteiger partial charge in [0.15, 0.2) is 0 Å². The first-order valence-electron chi connectivity index (χ1n) is 5.60. The Labute approximate surface area is 120 Å². The number of nitrogens with one attached hydrogen (secondary N) is 1. The minimum atomic E-state index is -0.467. The lowest BCUT2D eigenvalue weighted by Crippen LogP contribution is -2.19. The van der Waals surface area contributed by atoms with Gasteiger partial charge in [-0.1, -0.05) is 35.3 Å². The summed E-state index contributed by atoms with van der Waals surface area (Å²) in [6, 6.07) is 7.98. The van der Waals surface area contributed by atoms with E-state index in [9.17, 15) is 8.78 Å². The second kappa shape index (κ2) is 5.87. The molecule has 0 aliphatic rings. The van der Waals surface area contributed by atoms with E-state index in [1.54, 1.807) is 19.2 Å². The Balaban J connectivity index is 2.50. The molecule has 0 heterocycles. The van der Waals surface area contributed by atoms with Gasteiger partial charge in [0, 0.05) is 15.6 Å². The van der Waals surface area contributed by atoms with Crippen molar-refractivity contribution < 1.29 is 8.78 Å². The first-order valence-corrected chi connectivity index (χ1v) is 6.35. The lowest BCUT2D eigenvalue weighted by atomic mass is 9.98. The highest BCUT2D eigenvalue weighted by Crippen LogP contribution is 2.31. The zero-order valence-electron chi connectivity index (χ0n) is 10.1. The van der Waals surface area contributed by atoms with E-state index >= 15 is 0 Å². The van der Waals surface area contributed by atoms with Gasteiger partial charge < -0.3 is 5.32 Å². The standard InChI is InChI=1S/C14H11Cl2F2N/c1-19-14(10-5-3-9(17)7-12(10)16)11-4-2-8(15)6-13(11)18/h2-7,14,19H,1H3. The lowest BCUT2D eigenvalue weighted by molar-refractivity contribution is 0.575. The van der Waals surface area contributed by atoms with Crippen molar-refractivity contribution in [1.82, 2.24) is 5.32 Å². The van der Waals surface area contributed by atoms with Crippen LogP contribution in [0.25, 0.3) is 0 Å². The number of halogens is 4. The zero-order valence-corrected chi connectivity index (χ0v) is 11.6. The largest absolute Gasteiger partial charge is 0.309 e. The topological polar surface area (TPSA) is 12.0 Å². The van der Waals surface area contributed by atoms with Gasteiger partial charge >= 0.3 is 0 Å². The van der Waals surface area contributed by atoms with Crippen LogP contribution < -0.4 is 5.32 Å². The molecule has 0 bridgehead atoms. The molecule has 2 aromatic carbocycles. The summed E-state index contributed by atoms with van der Waals surface area (Å²) in [4.78, 5) is 0. The second-order valence-corrected chi connectivity index (χ2v) is 4.90. The maximum atomic E-state index is 13.9. The van der Waals surface area contributed by atoms with Gasteiger partial charge in [-0.05, 0) is 36.9 Å². The second-order valence-electron chi connectivity index (χ2n) is 4.05. The third-order valence-electron chi connectivity index (χ3n) is 2.84. The fourth-order valence-corrected chi connectivity index (χ4v) is 2.38. The van der Waals surface area contributed by atoms with Crippen LogP contribution in [0.3, 0.4) is 0 Å². The van der Waals surface area contributed by atoms with E-state index in [-0.39, 0.29) is 5.02 Å². The summed E-state index contributed by atoms with van der Waals surface area (Å²) in [5.74, 6) is -0.868. The van der Waals surface area contributed by atoms with Crippen LogP contribution in [0.4, 0.5) is 8.78 Å². The minimum absolute atomic E-state index is 0.244. The molecule has 0 aromatic heterocycles. The minimum Gasteiger partial charge on any atom is -0.309 e. The van der Waals surface area contributed by atoms with Crippen molar-refractivity contribution in [3.8, 4) is 0 Å². The molecule has 1 atom stereocenters. The molecule has 0 radical (unpaired) electrons. The summed E-state index contributed by atoms with van der Waals surface area (Å²) in [6.45, 7) is 0. The molecule has 19 heavy (non-hydrogen) atoms. The van der Waals surface area contributed by atoms with Crippen LogP contribution in [0.2, 0.25) is 10.0 Å².